The molecule has 1 atom stereocenters. The first-order valence-corrected chi connectivity index (χ1v) is 10.8. The molecule has 1 amide bonds. The number of sulfone groups is 1. The number of hydrogen-bond acceptors (Lipinski definition) is 6. The Morgan fingerprint density at radius 2 is 1.85 bits per heavy atom. The molecule has 3 rings (SSSR count). The summed E-state index contributed by atoms with van der Waals surface area (Å²) in [5, 5.41) is 0. The summed E-state index contributed by atoms with van der Waals surface area (Å²) in [5.74, 6) is 0.637. The van der Waals surface area contributed by atoms with Crippen molar-refractivity contribution in [2.75, 3.05) is 30.0 Å². The average Bonchev–Trinajstić information content (AvgIpc) is 3.02. The smallest absolute Gasteiger partial charge is 0.257 e. The molecule has 1 aromatic carbocycles. The number of amides is 1. The number of carbonyl (C=O) groups excluding carboxylic acids is 1. The van der Waals surface area contributed by atoms with Crippen LogP contribution in [0.4, 0.5) is 5.95 Å². The fourth-order valence-electron chi connectivity index (χ4n) is 3.31. The predicted molar refractivity (Wildman–Crippen MR) is 104 cm³/mol. The van der Waals surface area contributed by atoms with Crippen LogP contribution in [0.15, 0.2) is 42.7 Å². The van der Waals surface area contributed by atoms with Crippen LogP contribution in [0.2, 0.25) is 0 Å². The Labute approximate surface area is 160 Å². The second-order valence-corrected chi connectivity index (χ2v) is 8.99. The second-order valence-electron chi connectivity index (χ2n) is 6.76. The van der Waals surface area contributed by atoms with Gasteiger partial charge in [0.15, 0.2) is 9.84 Å². The summed E-state index contributed by atoms with van der Waals surface area (Å²) in [6.45, 7) is 3.06. The molecule has 0 aliphatic carbocycles. The third-order valence-electron chi connectivity index (χ3n) is 4.74. The summed E-state index contributed by atoms with van der Waals surface area (Å²) in [7, 11) is -1.24. The molecule has 7 nitrogen and oxygen atoms in total. The van der Waals surface area contributed by atoms with Gasteiger partial charge in [0.05, 0.1) is 17.1 Å². The van der Waals surface area contributed by atoms with Gasteiger partial charge in [0.25, 0.3) is 5.91 Å². The molecule has 1 aliphatic heterocycles. The maximum absolute atomic E-state index is 12.6. The molecule has 1 fully saturated rings. The Kier molecular flexibility index (Phi) is 5.74. The van der Waals surface area contributed by atoms with Crippen LogP contribution in [0, 0.1) is 0 Å². The summed E-state index contributed by atoms with van der Waals surface area (Å²) >= 11 is 0. The molecule has 0 radical (unpaired) electrons. The van der Waals surface area contributed by atoms with Crippen LogP contribution in [0.5, 0.6) is 0 Å². The van der Waals surface area contributed by atoms with Gasteiger partial charge in [-0.05, 0) is 18.9 Å². The second kappa shape index (κ2) is 8.04. The highest BCUT2D eigenvalue weighted by Gasteiger charge is 2.32. The Balaban J connectivity index is 1.69. The summed E-state index contributed by atoms with van der Waals surface area (Å²) in [6.07, 6.45) is 3.61. The summed E-state index contributed by atoms with van der Waals surface area (Å²) in [5.41, 5.74) is 1.46. The maximum atomic E-state index is 12.6. The molecule has 0 bridgehead atoms. The average molecular weight is 388 g/mol. The Bertz CT molecular complexity index is 885. The van der Waals surface area contributed by atoms with E-state index in [1.807, 2.05) is 42.2 Å². The minimum Gasteiger partial charge on any atom is -0.337 e. The van der Waals surface area contributed by atoms with Gasteiger partial charge in [-0.3, -0.25) is 4.79 Å². The fraction of sp³-hybridized carbons (Fsp3) is 0.421. The van der Waals surface area contributed by atoms with Crippen molar-refractivity contribution < 1.29 is 13.2 Å². The van der Waals surface area contributed by atoms with Crippen LogP contribution < -0.4 is 4.90 Å². The van der Waals surface area contributed by atoms with E-state index in [2.05, 4.69) is 9.97 Å². The lowest BCUT2D eigenvalue weighted by Crippen LogP contribution is -2.37. The maximum Gasteiger partial charge on any atom is 0.257 e. The zero-order valence-electron chi connectivity index (χ0n) is 15.6. The lowest BCUT2D eigenvalue weighted by molar-refractivity contribution is 0.0784. The van der Waals surface area contributed by atoms with E-state index in [9.17, 15) is 13.2 Å². The van der Waals surface area contributed by atoms with E-state index >= 15 is 0 Å². The van der Waals surface area contributed by atoms with Crippen molar-refractivity contribution in [2.45, 2.75) is 25.9 Å². The van der Waals surface area contributed by atoms with E-state index in [0.717, 1.165) is 5.56 Å². The Hall–Kier alpha value is -2.48. The van der Waals surface area contributed by atoms with Crippen molar-refractivity contribution in [1.82, 2.24) is 14.9 Å². The molecular formula is C19H24N4O3S. The van der Waals surface area contributed by atoms with Crippen LogP contribution in [-0.4, -0.2) is 60.3 Å². The number of rotatable bonds is 6. The third-order valence-corrected chi connectivity index (χ3v) is 6.49. The molecule has 1 aliphatic rings. The molecule has 27 heavy (non-hydrogen) atoms. The first-order chi connectivity index (χ1) is 12.9. The summed E-state index contributed by atoms with van der Waals surface area (Å²) < 4.78 is 23.5. The zero-order chi connectivity index (χ0) is 19.4. The first-order valence-electron chi connectivity index (χ1n) is 8.98. The van der Waals surface area contributed by atoms with E-state index in [1.54, 1.807) is 11.9 Å². The molecule has 2 aromatic rings. The minimum absolute atomic E-state index is 0.109. The highest BCUT2D eigenvalue weighted by Crippen LogP contribution is 2.21. The van der Waals surface area contributed by atoms with Gasteiger partial charge in [-0.15, -0.1) is 0 Å². The van der Waals surface area contributed by atoms with Gasteiger partial charge in [-0.1, -0.05) is 30.3 Å². The number of nitrogens with zero attached hydrogens (tertiary/aromatic N) is 4. The Morgan fingerprint density at radius 3 is 2.41 bits per heavy atom. The van der Waals surface area contributed by atoms with Gasteiger partial charge in [0.2, 0.25) is 5.95 Å². The van der Waals surface area contributed by atoms with Crippen LogP contribution in [0.25, 0.3) is 0 Å². The van der Waals surface area contributed by atoms with Crippen molar-refractivity contribution in [1.29, 1.82) is 0 Å². The lowest BCUT2D eigenvalue weighted by atomic mass is 10.2. The minimum atomic E-state index is -2.98. The van der Waals surface area contributed by atoms with E-state index < -0.39 is 9.84 Å². The number of hydrogen-bond donors (Lipinski definition) is 0. The standard InChI is InChI=1S/C19H24N4O3S/c1-3-23(17-9-10-27(25,26)14-17)19-20-11-16(12-21-19)18(24)22(2)13-15-7-5-4-6-8-15/h4-8,11-12,17H,3,9-10,13-14H2,1-2H3. The van der Waals surface area contributed by atoms with Crippen molar-refractivity contribution in [3.05, 3.63) is 53.9 Å². The molecule has 2 heterocycles. The molecule has 144 valence electrons. The van der Waals surface area contributed by atoms with Crippen molar-refractivity contribution >= 4 is 21.7 Å². The molecule has 0 N–H and O–H groups in total. The van der Waals surface area contributed by atoms with Crippen LogP contribution in [-0.2, 0) is 16.4 Å². The van der Waals surface area contributed by atoms with E-state index in [0.29, 0.717) is 31.0 Å². The molecule has 1 saturated heterocycles. The number of aromatic nitrogens is 2. The van der Waals surface area contributed by atoms with Crippen LogP contribution in [0.1, 0.15) is 29.3 Å². The van der Waals surface area contributed by atoms with E-state index in [1.165, 1.54) is 12.4 Å². The fourth-order valence-corrected chi connectivity index (χ4v) is 5.04. The van der Waals surface area contributed by atoms with Gasteiger partial charge >= 0.3 is 0 Å². The van der Waals surface area contributed by atoms with Crippen molar-refractivity contribution in [2.24, 2.45) is 0 Å². The van der Waals surface area contributed by atoms with Gasteiger partial charge in [-0.2, -0.15) is 0 Å². The van der Waals surface area contributed by atoms with Crippen molar-refractivity contribution in [3.63, 3.8) is 0 Å². The lowest BCUT2D eigenvalue weighted by Gasteiger charge is -2.26. The number of anilines is 1. The van der Waals surface area contributed by atoms with Gasteiger partial charge in [0.1, 0.15) is 0 Å². The van der Waals surface area contributed by atoms with Gasteiger partial charge in [0, 0.05) is 38.6 Å². The van der Waals surface area contributed by atoms with Crippen molar-refractivity contribution in [3.8, 4) is 0 Å². The predicted octanol–water partition coefficient (Wildman–Crippen LogP) is 1.76. The van der Waals surface area contributed by atoms with Gasteiger partial charge in [-0.25, -0.2) is 18.4 Å². The zero-order valence-corrected chi connectivity index (χ0v) is 16.4. The third kappa shape index (κ3) is 4.63. The van der Waals surface area contributed by atoms with Gasteiger partial charge < -0.3 is 9.80 Å². The number of carbonyl (C=O) groups is 1. The molecule has 1 unspecified atom stereocenters. The van der Waals surface area contributed by atoms with E-state index in [-0.39, 0.29) is 23.5 Å². The summed E-state index contributed by atoms with van der Waals surface area (Å²) in [6, 6.07) is 9.65. The SMILES string of the molecule is CCN(c1ncc(C(=O)N(C)Cc2ccccc2)cn1)C1CCS(=O)(=O)C1. The quantitative estimate of drug-likeness (QED) is 0.750. The molecule has 1 aromatic heterocycles. The normalized spacial score (nSPS) is 18.2. The van der Waals surface area contributed by atoms with E-state index in [4.69, 9.17) is 0 Å². The molecule has 0 saturated carbocycles. The molecule has 8 heteroatoms. The molecular weight excluding hydrogens is 364 g/mol. The highest BCUT2D eigenvalue weighted by atomic mass is 32.2. The van der Waals surface area contributed by atoms with Crippen LogP contribution in [0.3, 0.4) is 0 Å². The molecule has 0 spiro atoms. The topological polar surface area (TPSA) is 83.5 Å². The Morgan fingerprint density at radius 1 is 1.19 bits per heavy atom. The number of benzene rings is 1. The highest BCUT2D eigenvalue weighted by molar-refractivity contribution is 7.91. The van der Waals surface area contributed by atoms with Crippen LogP contribution >= 0.6 is 0 Å². The first kappa shape index (κ1) is 19.3. The monoisotopic (exact) mass is 388 g/mol. The largest absolute Gasteiger partial charge is 0.337 e. The summed E-state index contributed by atoms with van der Waals surface area (Å²) in [4.78, 5) is 24.8.